The Labute approximate surface area is 116 Å². The molecule has 20 heavy (non-hydrogen) atoms. The van der Waals surface area contributed by atoms with Gasteiger partial charge in [-0.25, -0.2) is 4.79 Å². The summed E-state index contributed by atoms with van der Waals surface area (Å²) in [7, 11) is 1.31. The summed E-state index contributed by atoms with van der Waals surface area (Å²) in [4.78, 5) is 37.4. The largest absolute Gasteiger partial charge is 0.467 e. The van der Waals surface area contributed by atoms with Crippen molar-refractivity contribution in [2.45, 2.75) is 18.4 Å². The molecule has 3 fully saturated rings. The van der Waals surface area contributed by atoms with Crippen molar-refractivity contribution in [2.24, 2.45) is 5.41 Å². The average molecular weight is 273 g/mol. The molecule has 0 atom stereocenters. The van der Waals surface area contributed by atoms with E-state index in [2.05, 4.69) is 0 Å². The van der Waals surface area contributed by atoms with Gasteiger partial charge in [-0.3, -0.25) is 4.79 Å². The zero-order valence-electron chi connectivity index (χ0n) is 11.2. The first-order chi connectivity index (χ1) is 9.57. The van der Waals surface area contributed by atoms with Crippen LogP contribution in [0.1, 0.15) is 23.2 Å². The van der Waals surface area contributed by atoms with Crippen LogP contribution in [0.4, 0.5) is 0 Å². The van der Waals surface area contributed by atoms with Gasteiger partial charge in [-0.15, -0.1) is 0 Å². The zero-order chi connectivity index (χ0) is 14.4. The standard InChI is InChI=1S/C15H15NO4/c1-20-13(19)15-7-14(8-15,10-17)9-16(15)12(18)11-5-3-2-4-6-11/h2-6,10H,7-9H2,1H3. The SMILES string of the molecule is COC(=O)C12CC(C=O)(CN1C(=O)c1ccccc1)C2. The number of amides is 1. The van der Waals surface area contributed by atoms with Crippen molar-refractivity contribution < 1.29 is 19.1 Å². The van der Waals surface area contributed by atoms with E-state index in [-0.39, 0.29) is 5.91 Å². The third-order valence-corrected chi connectivity index (χ3v) is 4.36. The summed E-state index contributed by atoms with van der Waals surface area (Å²) < 4.78 is 4.83. The van der Waals surface area contributed by atoms with E-state index >= 15 is 0 Å². The number of methoxy groups -OCH3 is 1. The van der Waals surface area contributed by atoms with Crippen LogP contribution in [0.5, 0.6) is 0 Å². The smallest absolute Gasteiger partial charge is 0.331 e. The molecule has 0 aromatic heterocycles. The molecule has 2 saturated heterocycles. The minimum atomic E-state index is -0.956. The van der Waals surface area contributed by atoms with Crippen LogP contribution in [0, 0.1) is 5.41 Å². The number of hydrogen-bond donors (Lipinski definition) is 0. The van der Waals surface area contributed by atoms with Crippen molar-refractivity contribution in [2.75, 3.05) is 13.7 Å². The van der Waals surface area contributed by atoms with E-state index < -0.39 is 16.9 Å². The predicted molar refractivity (Wildman–Crippen MR) is 70.0 cm³/mol. The second-order valence-corrected chi connectivity index (χ2v) is 5.61. The molecule has 1 aromatic rings. The molecule has 1 saturated carbocycles. The van der Waals surface area contributed by atoms with Crippen molar-refractivity contribution in [1.29, 1.82) is 0 Å². The molecule has 0 N–H and O–H groups in total. The lowest BCUT2D eigenvalue weighted by molar-refractivity contribution is -0.157. The predicted octanol–water partition coefficient (Wildman–Crippen LogP) is 1.03. The summed E-state index contributed by atoms with van der Waals surface area (Å²) in [5.41, 5.74) is -1.01. The Morgan fingerprint density at radius 3 is 2.45 bits per heavy atom. The highest BCUT2D eigenvalue weighted by Gasteiger charge is 2.71. The highest BCUT2D eigenvalue weighted by Crippen LogP contribution is 2.59. The molecular formula is C15H15NO4. The lowest BCUT2D eigenvalue weighted by Gasteiger charge is -2.42. The maximum Gasteiger partial charge on any atom is 0.331 e. The number of aldehydes is 1. The quantitative estimate of drug-likeness (QED) is 0.609. The van der Waals surface area contributed by atoms with Gasteiger partial charge in [0.05, 0.1) is 7.11 Å². The van der Waals surface area contributed by atoms with Gasteiger partial charge in [-0.05, 0) is 25.0 Å². The minimum absolute atomic E-state index is 0.225. The summed E-state index contributed by atoms with van der Waals surface area (Å²) in [6.45, 7) is 0.291. The monoisotopic (exact) mass is 273 g/mol. The fourth-order valence-electron chi connectivity index (χ4n) is 3.45. The number of carbonyl (C=O) groups excluding carboxylic acids is 3. The minimum Gasteiger partial charge on any atom is -0.467 e. The first-order valence-corrected chi connectivity index (χ1v) is 6.49. The van der Waals surface area contributed by atoms with Crippen molar-refractivity contribution in [3.63, 3.8) is 0 Å². The molecule has 1 aliphatic carbocycles. The van der Waals surface area contributed by atoms with Gasteiger partial charge in [0.2, 0.25) is 0 Å². The van der Waals surface area contributed by atoms with Gasteiger partial charge in [0.1, 0.15) is 11.8 Å². The van der Waals surface area contributed by atoms with E-state index in [9.17, 15) is 14.4 Å². The summed E-state index contributed by atoms with van der Waals surface area (Å²) in [5.74, 6) is -0.658. The topological polar surface area (TPSA) is 63.7 Å². The third-order valence-electron chi connectivity index (χ3n) is 4.36. The number of hydrogen-bond acceptors (Lipinski definition) is 4. The Hall–Kier alpha value is -2.17. The maximum absolute atomic E-state index is 12.6. The number of carbonyl (C=O) groups is 3. The van der Waals surface area contributed by atoms with E-state index in [0.29, 0.717) is 24.9 Å². The molecule has 2 bridgehead atoms. The second kappa shape index (κ2) is 4.16. The number of ether oxygens (including phenoxy) is 1. The molecule has 4 rings (SSSR count). The molecule has 5 heteroatoms. The van der Waals surface area contributed by atoms with E-state index in [1.165, 1.54) is 12.0 Å². The van der Waals surface area contributed by atoms with Crippen LogP contribution < -0.4 is 0 Å². The molecule has 5 nitrogen and oxygen atoms in total. The lowest BCUT2D eigenvalue weighted by atomic mass is 9.62. The van der Waals surface area contributed by atoms with Gasteiger partial charge in [-0.2, -0.15) is 0 Å². The number of nitrogens with zero attached hydrogens (tertiary/aromatic N) is 1. The number of rotatable bonds is 3. The van der Waals surface area contributed by atoms with E-state index in [0.717, 1.165) is 6.29 Å². The van der Waals surface area contributed by atoms with Crippen LogP contribution in [0.25, 0.3) is 0 Å². The van der Waals surface area contributed by atoms with Gasteiger partial charge in [-0.1, -0.05) is 18.2 Å². The van der Waals surface area contributed by atoms with Crippen LogP contribution in [0.15, 0.2) is 30.3 Å². The molecule has 1 aromatic carbocycles. The molecule has 2 aliphatic heterocycles. The van der Waals surface area contributed by atoms with Crippen LogP contribution in [0.3, 0.4) is 0 Å². The average Bonchev–Trinajstić information content (AvgIpc) is 2.98. The number of esters is 1. The molecule has 1 amide bonds. The summed E-state index contributed by atoms with van der Waals surface area (Å²) in [6, 6.07) is 8.78. The molecule has 3 aliphatic rings. The Balaban J connectivity index is 1.95. The van der Waals surface area contributed by atoms with Gasteiger partial charge in [0, 0.05) is 17.5 Å². The van der Waals surface area contributed by atoms with Crippen LogP contribution in [0.2, 0.25) is 0 Å². The van der Waals surface area contributed by atoms with Gasteiger partial charge < -0.3 is 14.4 Å². The Kier molecular flexibility index (Phi) is 2.67. The summed E-state index contributed by atoms with van der Waals surface area (Å²) >= 11 is 0. The number of benzene rings is 1. The van der Waals surface area contributed by atoms with Gasteiger partial charge in [0.15, 0.2) is 0 Å². The molecule has 0 radical (unpaired) electrons. The summed E-state index contributed by atoms with van der Waals surface area (Å²) in [5, 5.41) is 0. The van der Waals surface area contributed by atoms with Crippen LogP contribution in [-0.4, -0.2) is 42.3 Å². The second-order valence-electron chi connectivity index (χ2n) is 5.61. The molecule has 104 valence electrons. The highest BCUT2D eigenvalue weighted by atomic mass is 16.5. The maximum atomic E-state index is 12.6. The number of fused-ring (bicyclic) bond motifs is 1. The van der Waals surface area contributed by atoms with Gasteiger partial charge >= 0.3 is 5.97 Å². The lowest BCUT2D eigenvalue weighted by Crippen LogP contribution is -2.57. The van der Waals surface area contributed by atoms with Crippen molar-refractivity contribution >= 4 is 18.2 Å². The van der Waals surface area contributed by atoms with E-state index in [4.69, 9.17) is 4.74 Å². The highest BCUT2D eigenvalue weighted by molar-refractivity contribution is 6.01. The molecule has 2 heterocycles. The Bertz CT molecular complexity index is 575. The zero-order valence-corrected chi connectivity index (χ0v) is 11.2. The van der Waals surface area contributed by atoms with Crippen molar-refractivity contribution in [1.82, 2.24) is 4.90 Å². The molecule has 0 spiro atoms. The van der Waals surface area contributed by atoms with E-state index in [1.807, 2.05) is 6.07 Å². The summed E-state index contributed by atoms with van der Waals surface area (Å²) in [6.07, 6.45) is 1.61. The van der Waals surface area contributed by atoms with Crippen molar-refractivity contribution in [3.8, 4) is 0 Å². The Morgan fingerprint density at radius 2 is 1.90 bits per heavy atom. The Morgan fingerprint density at radius 1 is 1.25 bits per heavy atom. The first-order valence-electron chi connectivity index (χ1n) is 6.49. The third kappa shape index (κ3) is 1.52. The normalized spacial score (nSPS) is 30.6. The first kappa shape index (κ1) is 12.8. The fourth-order valence-corrected chi connectivity index (χ4v) is 3.45. The molecule has 0 unspecified atom stereocenters. The van der Waals surface area contributed by atoms with Crippen molar-refractivity contribution in [3.05, 3.63) is 35.9 Å². The van der Waals surface area contributed by atoms with Gasteiger partial charge in [0.25, 0.3) is 5.91 Å². The van der Waals surface area contributed by atoms with Crippen LogP contribution in [-0.2, 0) is 14.3 Å². The van der Waals surface area contributed by atoms with E-state index in [1.54, 1.807) is 24.3 Å². The molecular weight excluding hydrogens is 258 g/mol. The fraction of sp³-hybridized carbons (Fsp3) is 0.400. The van der Waals surface area contributed by atoms with Crippen LogP contribution >= 0.6 is 0 Å².